The molecule has 2 heterocycles. The number of imidazole rings is 1. The quantitative estimate of drug-likeness (QED) is 0.294. The van der Waals surface area contributed by atoms with Crippen molar-refractivity contribution in [2.45, 2.75) is 39.7 Å². The molecule has 8 nitrogen and oxygen atoms in total. The van der Waals surface area contributed by atoms with Gasteiger partial charge in [-0.15, -0.1) is 0 Å². The van der Waals surface area contributed by atoms with Gasteiger partial charge in [-0.3, -0.25) is 14.3 Å². The van der Waals surface area contributed by atoms with Crippen molar-refractivity contribution in [3.05, 3.63) is 65.6 Å². The summed E-state index contributed by atoms with van der Waals surface area (Å²) < 4.78 is 35.6. The first-order chi connectivity index (χ1) is 17.5. The molecule has 0 aliphatic heterocycles. The Bertz CT molecular complexity index is 1370. The summed E-state index contributed by atoms with van der Waals surface area (Å²) in [6.07, 6.45) is 4.60. The fourth-order valence-corrected chi connectivity index (χ4v) is 4.05. The maximum absolute atomic E-state index is 14.5. The number of aryl methyl sites for hydroxylation is 1. The highest BCUT2D eigenvalue weighted by molar-refractivity contribution is 5.83. The first-order valence-corrected chi connectivity index (χ1v) is 11.8. The fraction of sp³-hybridized carbons (Fsp3) is 0.308. The zero-order valence-electron chi connectivity index (χ0n) is 20.5. The van der Waals surface area contributed by atoms with Crippen LogP contribution >= 0.6 is 0 Å². The normalized spacial score (nSPS) is 11.0. The number of carbonyl (C=O) groups excluding carboxylic acids is 1. The van der Waals surface area contributed by atoms with Crippen LogP contribution in [-0.2, 0) is 17.8 Å². The van der Waals surface area contributed by atoms with Gasteiger partial charge in [0.05, 0.1) is 35.6 Å². The van der Waals surface area contributed by atoms with Crippen molar-refractivity contribution in [3.8, 4) is 11.7 Å². The molecule has 1 amide bonds. The minimum absolute atomic E-state index is 0.0221. The summed E-state index contributed by atoms with van der Waals surface area (Å²) in [6, 6.07) is 8.87. The molecule has 4 aromatic rings. The monoisotopic (exact) mass is 494 g/mol. The van der Waals surface area contributed by atoms with Crippen molar-refractivity contribution in [1.29, 1.82) is 0 Å². The average Bonchev–Trinajstić information content (AvgIpc) is 3.30. The van der Waals surface area contributed by atoms with Gasteiger partial charge in [-0.2, -0.15) is 4.98 Å². The van der Waals surface area contributed by atoms with Gasteiger partial charge in [0.2, 0.25) is 12.4 Å². The zero-order chi connectivity index (χ0) is 25.7. The van der Waals surface area contributed by atoms with Crippen LogP contribution < -0.4 is 15.0 Å². The summed E-state index contributed by atoms with van der Waals surface area (Å²) in [5.41, 5.74) is 2.87. The Hall–Kier alpha value is -4.08. The second-order valence-electron chi connectivity index (χ2n) is 8.16. The molecule has 4 rings (SSSR count). The van der Waals surface area contributed by atoms with E-state index in [1.165, 1.54) is 29.4 Å². The number of para-hydroxylation sites is 1. The lowest BCUT2D eigenvalue weighted by Crippen LogP contribution is -2.25. The topological polar surface area (TPSA) is 85.2 Å². The second kappa shape index (κ2) is 11.1. The standard InChI is InChI=1S/C26H28F2N6O2/c1-4-6-10-21-23(29-3)25(33(16-35)14-17-8-7-9-19(28)24(17)36-5-2)32-26(31-21)34-15-30-20-12-11-18(27)13-22(20)34/h7-9,11-13,15-16,29H,4-6,10,14H2,1-3H3. The van der Waals surface area contributed by atoms with Crippen LogP contribution in [0.1, 0.15) is 37.9 Å². The van der Waals surface area contributed by atoms with Gasteiger partial charge in [0.1, 0.15) is 12.1 Å². The number of hydrogen-bond acceptors (Lipinski definition) is 6. The largest absolute Gasteiger partial charge is 0.490 e. The molecule has 188 valence electrons. The third kappa shape index (κ3) is 4.98. The molecule has 0 saturated heterocycles. The van der Waals surface area contributed by atoms with Crippen LogP contribution in [0.2, 0.25) is 0 Å². The van der Waals surface area contributed by atoms with E-state index in [4.69, 9.17) is 9.72 Å². The molecule has 0 atom stereocenters. The van der Waals surface area contributed by atoms with Crippen LogP contribution in [0.3, 0.4) is 0 Å². The highest BCUT2D eigenvalue weighted by Crippen LogP contribution is 2.32. The van der Waals surface area contributed by atoms with Crippen molar-refractivity contribution in [2.24, 2.45) is 0 Å². The molecule has 0 aliphatic carbocycles. The molecule has 0 unspecified atom stereocenters. The first kappa shape index (κ1) is 25.0. The second-order valence-corrected chi connectivity index (χ2v) is 8.16. The third-order valence-electron chi connectivity index (χ3n) is 5.77. The Labute approximate surface area is 208 Å². The van der Waals surface area contributed by atoms with Crippen molar-refractivity contribution < 1.29 is 18.3 Å². The number of rotatable bonds is 11. The van der Waals surface area contributed by atoms with Gasteiger partial charge < -0.3 is 10.1 Å². The Kier molecular flexibility index (Phi) is 7.72. The minimum atomic E-state index is -0.507. The predicted octanol–water partition coefficient (Wildman–Crippen LogP) is 5.04. The van der Waals surface area contributed by atoms with Crippen molar-refractivity contribution in [3.63, 3.8) is 0 Å². The van der Waals surface area contributed by atoms with Crippen LogP contribution in [0.15, 0.2) is 42.7 Å². The number of unbranched alkanes of at least 4 members (excludes halogenated alkanes) is 1. The van der Waals surface area contributed by atoms with E-state index in [-0.39, 0.29) is 24.8 Å². The van der Waals surface area contributed by atoms with Crippen LogP contribution in [0.25, 0.3) is 17.0 Å². The van der Waals surface area contributed by atoms with Gasteiger partial charge in [0, 0.05) is 18.7 Å². The number of benzene rings is 2. The third-order valence-corrected chi connectivity index (χ3v) is 5.77. The number of hydrogen-bond donors (Lipinski definition) is 1. The van der Waals surface area contributed by atoms with E-state index in [0.717, 1.165) is 12.8 Å². The number of ether oxygens (including phenoxy) is 1. The van der Waals surface area contributed by atoms with Gasteiger partial charge in [-0.25, -0.2) is 18.7 Å². The lowest BCUT2D eigenvalue weighted by atomic mass is 10.1. The minimum Gasteiger partial charge on any atom is -0.490 e. The van der Waals surface area contributed by atoms with E-state index in [1.54, 1.807) is 36.7 Å². The Morgan fingerprint density at radius 2 is 2.00 bits per heavy atom. The van der Waals surface area contributed by atoms with E-state index in [1.807, 2.05) is 0 Å². The van der Waals surface area contributed by atoms with Crippen molar-refractivity contribution in [2.75, 3.05) is 23.9 Å². The predicted molar refractivity (Wildman–Crippen MR) is 135 cm³/mol. The highest BCUT2D eigenvalue weighted by Gasteiger charge is 2.22. The molecule has 10 heteroatoms. The summed E-state index contributed by atoms with van der Waals surface area (Å²) >= 11 is 0. The van der Waals surface area contributed by atoms with Gasteiger partial charge in [-0.05, 0) is 38.0 Å². The zero-order valence-corrected chi connectivity index (χ0v) is 20.5. The SMILES string of the molecule is CCCCc1nc(-n2cnc3ccc(F)cc32)nc(N(C=O)Cc2cccc(F)c2OCC)c1NC. The number of nitrogens with zero attached hydrogens (tertiary/aromatic N) is 5. The average molecular weight is 495 g/mol. The molecule has 36 heavy (non-hydrogen) atoms. The Balaban J connectivity index is 1.87. The van der Waals surface area contributed by atoms with Crippen LogP contribution in [0, 0.1) is 11.6 Å². The van der Waals surface area contributed by atoms with Crippen molar-refractivity contribution in [1.82, 2.24) is 19.5 Å². The lowest BCUT2D eigenvalue weighted by molar-refractivity contribution is -0.107. The van der Waals surface area contributed by atoms with Crippen molar-refractivity contribution >= 4 is 28.9 Å². The number of halogens is 2. The number of aromatic nitrogens is 4. The molecule has 1 N–H and O–H groups in total. The Morgan fingerprint density at radius 3 is 2.72 bits per heavy atom. The molecule has 0 bridgehead atoms. The van der Waals surface area contributed by atoms with Gasteiger partial charge >= 0.3 is 0 Å². The number of nitrogens with one attached hydrogen (secondary N) is 1. The van der Waals surface area contributed by atoms with E-state index in [0.29, 0.717) is 46.6 Å². The van der Waals surface area contributed by atoms with Crippen LogP contribution in [0.4, 0.5) is 20.3 Å². The molecule has 0 radical (unpaired) electrons. The van der Waals surface area contributed by atoms with E-state index in [2.05, 4.69) is 22.2 Å². The molecular formula is C26H28F2N6O2. The number of amides is 1. The lowest BCUT2D eigenvalue weighted by Gasteiger charge is -2.23. The van der Waals surface area contributed by atoms with Gasteiger partial charge in [-0.1, -0.05) is 25.5 Å². The summed E-state index contributed by atoms with van der Waals surface area (Å²) in [7, 11) is 1.73. The summed E-state index contributed by atoms with van der Waals surface area (Å²) in [4.78, 5) is 27.5. The maximum Gasteiger partial charge on any atom is 0.237 e. The number of carbonyl (C=O) groups is 1. The van der Waals surface area contributed by atoms with Gasteiger partial charge in [0.15, 0.2) is 17.4 Å². The number of anilines is 2. The smallest absolute Gasteiger partial charge is 0.237 e. The molecule has 0 aliphatic rings. The molecule has 0 spiro atoms. The molecular weight excluding hydrogens is 466 g/mol. The summed E-state index contributed by atoms with van der Waals surface area (Å²) in [6.45, 7) is 4.14. The highest BCUT2D eigenvalue weighted by atomic mass is 19.1. The van der Waals surface area contributed by atoms with E-state index in [9.17, 15) is 13.6 Å². The summed E-state index contributed by atoms with van der Waals surface area (Å²) in [5, 5.41) is 3.13. The van der Waals surface area contributed by atoms with Crippen LogP contribution in [0.5, 0.6) is 5.75 Å². The Morgan fingerprint density at radius 1 is 1.17 bits per heavy atom. The van der Waals surface area contributed by atoms with E-state index < -0.39 is 11.6 Å². The molecule has 0 saturated carbocycles. The maximum atomic E-state index is 14.5. The molecule has 2 aromatic carbocycles. The van der Waals surface area contributed by atoms with E-state index >= 15 is 0 Å². The van der Waals surface area contributed by atoms with Gasteiger partial charge in [0.25, 0.3) is 0 Å². The van der Waals surface area contributed by atoms with Crippen LogP contribution in [-0.4, -0.2) is 39.6 Å². The summed E-state index contributed by atoms with van der Waals surface area (Å²) in [5.74, 6) is -0.262. The number of fused-ring (bicyclic) bond motifs is 1. The molecule has 2 aromatic heterocycles. The fourth-order valence-electron chi connectivity index (χ4n) is 4.05. The first-order valence-electron chi connectivity index (χ1n) is 11.8. The molecule has 0 fully saturated rings.